The molecule has 1 fully saturated rings. The average molecular weight is 311 g/mol. The number of nitrogens with one attached hydrogen (secondary N) is 1. The summed E-state index contributed by atoms with van der Waals surface area (Å²) in [7, 11) is 0. The van der Waals surface area contributed by atoms with Crippen LogP contribution < -0.4 is 11.1 Å². The fourth-order valence-electron chi connectivity index (χ4n) is 2.44. The molecule has 0 aromatic carbocycles. The van der Waals surface area contributed by atoms with E-state index < -0.39 is 0 Å². The molecule has 1 atom stereocenters. The van der Waals surface area contributed by atoms with E-state index >= 15 is 0 Å². The second-order valence-corrected chi connectivity index (χ2v) is 6.35. The number of nitrogens with two attached hydrogens (primary N) is 1. The van der Waals surface area contributed by atoms with Crippen molar-refractivity contribution in [3.8, 4) is 0 Å². The van der Waals surface area contributed by atoms with Gasteiger partial charge < -0.3 is 11.1 Å². The molecule has 3 N–H and O–H groups in total. The van der Waals surface area contributed by atoms with Crippen molar-refractivity contribution in [1.82, 2.24) is 20.4 Å². The summed E-state index contributed by atoms with van der Waals surface area (Å²) < 4.78 is 0. The third-order valence-corrected chi connectivity index (χ3v) is 4.55. The molecule has 116 valence electrons. The third kappa shape index (κ3) is 4.75. The fraction of sp³-hybridized carbons (Fsp3) is 0.692. The highest BCUT2D eigenvalue weighted by atomic mass is 32.1. The second kappa shape index (κ2) is 7.46. The number of piperidine rings is 1. The molecule has 1 aliphatic heterocycles. The fourth-order valence-corrected chi connectivity index (χ4v) is 3.17. The van der Waals surface area contributed by atoms with Crippen LogP contribution in [-0.2, 0) is 22.6 Å². The van der Waals surface area contributed by atoms with E-state index in [4.69, 9.17) is 5.73 Å². The zero-order valence-electron chi connectivity index (χ0n) is 12.2. The van der Waals surface area contributed by atoms with Gasteiger partial charge in [0.1, 0.15) is 10.0 Å². The Morgan fingerprint density at radius 1 is 1.43 bits per heavy atom. The van der Waals surface area contributed by atoms with Crippen LogP contribution in [0.3, 0.4) is 0 Å². The number of nitrogens with zero attached hydrogens (tertiary/aromatic N) is 3. The number of likely N-dealkylation sites (tertiary alicyclic amines) is 1. The molecule has 8 heteroatoms. The topological polar surface area (TPSA) is 101 Å². The summed E-state index contributed by atoms with van der Waals surface area (Å²) in [6, 6.07) is 0. The Labute approximate surface area is 127 Å². The molecule has 0 spiro atoms. The maximum absolute atomic E-state index is 12.2. The first-order chi connectivity index (χ1) is 10.1. The predicted molar refractivity (Wildman–Crippen MR) is 79.5 cm³/mol. The van der Waals surface area contributed by atoms with Gasteiger partial charge in [-0.3, -0.25) is 14.5 Å². The van der Waals surface area contributed by atoms with Crippen molar-refractivity contribution < 1.29 is 9.59 Å². The van der Waals surface area contributed by atoms with Crippen molar-refractivity contribution in [2.75, 3.05) is 19.6 Å². The molecule has 1 aromatic heterocycles. The molecular weight excluding hydrogens is 290 g/mol. The van der Waals surface area contributed by atoms with Crippen LogP contribution in [0.1, 0.15) is 29.8 Å². The quantitative estimate of drug-likeness (QED) is 0.765. The first-order valence-electron chi connectivity index (χ1n) is 7.18. The van der Waals surface area contributed by atoms with Gasteiger partial charge in [0.15, 0.2) is 0 Å². The van der Waals surface area contributed by atoms with Gasteiger partial charge in [0, 0.05) is 6.54 Å². The molecule has 0 bridgehead atoms. The minimum atomic E-state index is -0.350. The van der Waals surface area contributed by atoms with Crippen LogP contribution in [0.5, 0.6) is 0 Å². The lowest BCUT2D eigenvalue weighted by molar-refractivity contribution is -0.128. The van der Waals surface area contributed by atoms with Gasteiger partial charge in [-0.1, -0.05) is 18.3 Å². The molecule has 2 amide bonds. The first-order valence-corrected chi connectivity index (χ1v) is 7.99. The molecule has 21 heavy (non-hydrogen) atoms. The van der Waals surface area contributed by atoms with Crippen molar-refractivity contribution in [2.45, 2.75) is 32.7 Å². The highest BCUT2D eigenvalue weighted by Crippen LogP contribution is 2.17. The molecule has 1 saturated heterocycles. The highest BCUT2D eigenvalue weighted by molar-refractivity contribution is 7.11. The Kier molecular flexibility index (Phi) is 5.63. The second-order valence-electron chi connectivity index (χ2n) is 5.20. The summed E-state index contributed by atoms with van der Waals surface area (Å²) in [5, 5.41) is 12.8. The lowest BCUT2D eigenvalue weighted by Gasteiger charge is -2.30. The number of aryl methyl sites for hydroxylation is 1. The Bertz CT molecular complexity index is 505. The first kappa shape index (κ1) is 15.8. The van der Waals surface area contributed by atoms with Crippen LogP contribution in [0.2, 0.25) is 0 Å². The summed E-state index contributed by atoms with van der Waals surface area (Å²) in [5.74, 6) is -0.425. The number of aromatic nitrogens is 2. The summed E-state index contributed by atoms with van der Waals surface area (Å²) in [6.45, 7) is 4.08. The molecule has 0 radical (unpaired) electrons. The number of amides is 2. The van der Waals surface area contributed by atoms with Crippen LogP contribution in [-0.4, -0.2) is 46.5 Å². The van der Waals surface area contributed by atoms with E-state index in [2.05, 4.69) is 15.5 Å². The van der Waals surface area contributed by atoms with Gasteiger partial charge in [-0.25, -0.2) is 0 Å². The van der Waals surface area contributed by atoms with Crippen molar-refractivity contribution >= 4 is 23.2 Å². The largest absolute Gasteiger partial charge is 0.369 e. The predicted octanol–water partition coefficient (Wildman–Crippen LogP) is -0.0860. The van der Waals surface area contributed by atoms with Crippen LogP contribution in [0.25, 0.3) is 0 Å². The Morgan fingerprint density at radius 2 is 2.19 bits per heavy atom. The Hall–Kier alpha value is -1.54. The van der Waals surface area contributed by atoms with Gasteiger partial charge in [-0.2, -0.15) is 0 Å². The van der Waals surface area contributed by atoms with Crippen molar-refractivity contribution in [3.05, 3.63) is 10.0 Å². The summed E-state index contributed by atoms with van der Waals surface area (Å²) in [4.78, 5) is 25.1. The average Bonchev–Trinajstić information content (AvgIpc) is 2.92. The number of hydrogen-bond acceptors (Lipinski definition) is 6. The molecule has 0 aliphatic carbocycles. The van der Waals surface area contributed by atoms with Crippen LogP contribution in [0.15, 0.2) is 0 Å². The zero-order valence-corrected chi connectivity index (χ0v) is 13.0. The van der Waals surface area contributed by atoms with Gasteiger partial charge in [0.25, 0.3) is 0 Å². The van der Waals surface area contributed by atoms with E-state index in [0.29, 0.717) is 13.1 Å². The Balaban J connectivity index is 1.80. The molecule has 2 heterocycles. The minimum absolute atomic E-state index is 0.0115. The SMILES string of the molecule is CCc1nnc(CNC(=O)C2CCCN(CC(N)=O)C2)s1. The molecular formula is C13H21N5O2S. The lowest BCUT2D eigenvalue weighted by atomic mass is 9.97. The molecule has 7 nitrogen and oxygen atoms in total. The smallest absolute Gasteiger partial charge is 0.231 e. The van der Waals surface area contributed by atoms with Gasteiger partial charge in [-0.05, 0) is 25.8 Å². The van der Waals surface area contributed by atoms with E-state index in [-0.39, 0.29) is 24.3 Å². The van der Waals surface area contributed by atoms with E-state index in [0.717, 1.165) is 35.8 Å². The monoisotopic (exact) mass is 311 g/mol. The van der Waals surface area contributed by atoms with Crippen LogP contribution in [0.4, 0.5) is 0 Å². The lowest BCUT2D eigenvalue weighted by Crippen LogP contribution is -2.45. The number of carbonyl (C=O) groups excluding carboxylic acids is 2. The zero-order chi connectivity index (χ0) is 15.2. The molecule has 0 saturated carbocycles. The van der Waals surface area contributed by atoms with Gasteiger partial charge in [-0.15, -0.1) is 10.2 Å². The van der Waals surface area contributed by atoms with Crippen molar-refractivity contribution in [3.63, 3.8) is 0 Å². The number of hydrogen-bond donors (Lipinski definition) is 2. The number of carbonyl (C=O) groups is 2. The Morgan fingerprint density at radius 3 is 2.86 bits per heavy atom. The standard InChI is InChI=1S/C13H21N5O2S/c1-2-11-16-17-12(21-11)6-15-13(20)9-4-3-5-18(7-9)8-10(14)19/h9H,2-8H2,1H3,(H2,14,19)(H,15,20). The summed E-state index contributed by atoms with van der Waals surface area (Å²) in [5.41, 5.74) is 5.20. The maximum Gasteiger partial charge on any atom is 0.231 e. The van der Waals surface area contributed by atoms with E-state index in [1.165, 1.54) is 11.3 Å². The number of rotatable bonds is 6. The minimum Gasteiger partial charge on any atom is -0.369 e. The van der Waals surface area contributed by atoms with Crippen LogP contribution in [0, 0.1) is 5.92 Å². The normalized spacial score (nSPS) is 19.4. The number of primary amides is 1. The maximum atomic E-state index is 12.2. The molecule has 2 rings (SSSR count). The molecule has 1 aromatic rings. The molecule has 1 unspecified atom stereocenters. The highest BCUT2D eigenvalue weighted by Gasteiger charge is 2.26. The van der Waals surface area contributed by atoms with Crippen LogP contribution >= 0.6 is 11.3 Å². The third-order valence-electron chi connectivity index (χ3n) is 3.48. The van der Waals surface area contributed by atoms with E-state index in [1.54, 1.807) is 0 Å². The van der Waals surface area contributed by atoms with Gasteiger partial charge in [0.2, 0.25) is 11.8 Å². The van der Waals surface area contributed by atoms with E-state index in [1.807, 2.05) is 11.8 Å². The molecule has 1 aliphatic rings. The van der Waals surface area contributed by atoms with Gasteiger partial charge >= 0.3 is 0 Å². The van der Waals surface area contributed by atoms with Crippen molar-refractivity contribution in [2.24, 2.45) is 11.7 Å². The van der Waals surface area contributed by atoms with Crippen molar-refractivity contribution in [1.29, 1.82) is 0 Å². The summed E-state index contributed by atoms with van der Waals surface area (Å²) >= 11 is 1.52. The van der Waals surface area contributed by atoms with E-state index in [9.17, 15) is 9.59 Å². The summed E-state index contributed by atoms with van der Waals surface area (Å²) in [6.07, 6.45) is 2.61. The van der Waals surface area contributed by atoms with Gasteiger partial charge in [0.05, 0.1) is 19.0 Å².